The summed E-state index contributed by atoms with van der Waals surface area (Å²) in [5.74, 6) is -0.0530. The normalized spacial score (nSPS) is 24.9. The highest BCUT2D eigenvalue weighted by Gasteiger charge is 2.33. The molecule has 1 heterocycles. The van der Waals surface area contributed by atoms with Crippen molar-refractivity contribution in [2.75, 3.05) is 13.2 Å². The molecule has 1 saturated carbocycles. The predicted molar refractivity (Wildman–Crippen MR) is 66.8 cm³/mol. The Morgan fingerprint density at radius 2 is 2.00 bits per heavy atom. The lowest BCUT2D eigenvalue weighted by molar-refractivity contribution is -0.137. The van der Waals surface area contributed by atoms with Gasteiger partial charge in [0, 0.05) is 19.0 Å². The molecule has 2 fully saturated rings. The van der Waals surface area contributed by atoms with Crippen LogP contribution in [0.1, 0.15) is 44.9 Å². The lowest BCUT2D eigenvalue weighted by Crippen LogP contribution is -2.50. The Morgan fingerprint density at radius 1 is 1.28 bits per heavy atom. The summed E-state index contributed by atoms with van der Waals surface area (Å²) in [6.45, 7) is 0.374. The average Bonchev–Trinajstić information content (AvgIpc) is 2.83. The third kappa shape index (κ3) is 3.02. The summed E-state index contributed by atoms with van der Waals surface area (Å²) in [6, 6.07) is -0.123. The zero-order valence-electron chi connectivity index (χ0n) is 10.7. The molecule has 1 aliphatic carbocycles. The molecule has 5 nitrogen and oxygen atoms in total. The third-order valence-corrected chi connectivity index (χ3v) is 3.93. The molecule has 0 aromatic heterocycles. The minimum absolute atomic E-state index is 0.0110. The molecule has 2 N–H and O–H groups in total. The summed E-state index contributed by atoms with van der Waals surface area (Å²) in [7, 11) is 0. The summed E-state index contributed by atoms with van der Waals surface area (Å²) in [4.78, 5) is 25.4. The molecule has 0 bridgehead atoms. The largest absolute Gasteiger partial charge is 0.395 e. The second-order valence-electron chi connectivity index (χ2n) is 5.21. The van der Waals surface area contributed by atoms with Gasteiger partial charge in [0.15, 0.2) is 0 Å². The van der Waals surface area contributed by atoms with E-state index in [1.54, 1.807) is 4.90 Å². The Hall–Kier alpha value is -1.10. The van der Waals surface area contributed by atoms with Gasteiger partial charge in [-0.05, 0) is 19.3 Å². The molecule has 1 unspecified atom stereocenters. The summed E-state index contributed by atoms with van der Waals surface area (Å²) in [5, 5.41) is 11.8. The molecule has 2 rings (SSSR count). The van der Waals surface area contributed by atoms with Crippen LogP contribution in [0, 0.1) is 0 Å². The van der Waals surface area contributed by atoms with Crippen molar-refractivity contribution < 1.29 is 14.7 Å². The van der Waals surface area contributed by atoms with Gasteiger partial charge in [-0.25, -0.2) is 0 Å². The summed E-state index contributed by atoms with van der Waals surface area (Å²) in [5.41, 5.74) is 0. The third-order valence-electron chi connectivity index (χ3n) is 3.93. The van der Waals surface area contributed by atoms with Crippen LogP contribution in [0.2, 0.25) is 0 Å². The maximum atomic E-state index is 12.4. The van der Waals surface area contributed by atoms with Crippen LogP contribution in [0.25, 0.3) is 0 Å². The first-order valence-electron chi connectivity index (χ1n) is 6.93. The van der Waals surface area contributed by atoms with Gasteiger partial charge in [-0.1, -0.05) is 19.3 Å². The first-order chi connectivity index (χ1) is 8.72. The van der Waals surface area contributed by atoms with E-state index in [-0.39, 0.29) is 30.5 Å². The van der Waals surface area contributed by atoms with Crippen LogP contribution >= 0.6 is 0 Å². The van der Waals surface area contributed by atoms with Gasteiger partial charge in [-0.2, -0.15) is 0 Å². The molecule has 1 saturated heterocycles. The van der Waals surface area contributed by atoms with E-state index in [0.717, 1.165) is 25.7 Å². The minimum Gasteiger partial charge on any atom is -0.395 e. The van der Waals surface area contributed by atoms with Crippen LogP contribution in [-0.4, -0.2) is 47.1 Å². The molecule has 1 aliphatic heterocycles. The fraction of sp³-hybridized carbons (Fsp3) is 0.846. The zero-order valence-corrected chi connectivity index (χ0v) is 10.7. The summed E-state index contributed by atoms with van der Waals surface area (Å²) >= 11 is 0. The van der Waals surface area contributed by atoms with E-state index in [1.807, 2.05) is 0 Å². The first-order valence-corrected chi connectivity index (χ1v) is 6.93. The molecular weight excluding hydrogens is 232 g/mol. The highest BCUT2D eigenvalue weighted by Crippen LogP contribution is 2.24. The monoisotopic (exact) mass is 254 g/mol. The second-order valence-corrected chi connectivity index (χ2v) is 5.21. The van der Waals surface area contributed by atoms with Crippen molar-refractivity contribution in [2.24, 2.45) is 0 Å². The Kier molecular flexibility index (Phi) is 4.58. The molecule has 102 valence electrons. The molecule has 1 atom stereocenters. The number of carbonyl (C=O) groups is 2. The molecule has 0 aromatic rings. The van der Waals surface area contributed by atoms with Gasteiger partial charge >= 0.3 is 0 Å². The Bertz CT molecular complexity index is 313. The number of rotatable bonds is 4. The molecule has 18 heavy (non-hydrogen) atoms. The van der Waals surface area contributed by atoms with Crippen LogP contribution in [0.4, 0.5) is 0 Å². The lowest BCUT2D eigenvalue weighted by atomic mass is 9.93. The number of amides is 2. The van der Waals surface area contributed by atoms with Gasteiger partial charge in [0.25, 0.3) is 0 Å². The quantitative estimate of drug-likeness (QED) is 0.764. The van der Waals surface area contributed by atoms with Crippen molar-refractivity contribution in [1.29, 1.82) is 0 Å². The van der Waals surface area contributed by atoms with Crippen molar-refractivity contribution >= 4 is 11.8 Å². The zero-order chi connectivity index (χ0) is 13.0. The van der Waals surface area contributed by atoms with Crippen LogP contribution in [-0.2, 0) is 9.59 Å². The van der Waals surface area contributed by atoms with Crippen molar-refractivity contribution in [3.8, 4) is 0 Å². The maximum absolute atomic E-state index is 12.4. The molecular formula is C13H22N2O3. The average molecular weight is 254 g/mol. The topological polar surface area (TPSA) is 69.6 Å². The van der Waals surface area contributed by atoms with E-state index in [9.17, 15) is 9.59 Å². The Morgan fingerprint density at radius 3 is 2.56 bits per heavy atom. The number of nitrogens with zero attached hydrogens (tertiary/aromatic N) is 1. The van der Waals surface area contributed by atoms with Gasteiger partial charge in [-0.3, -0.25) is 9.59 Å². The summed E-state index contributed by atoms with van der Waals surface area (Å²) in [6.07, 6.45) is 6.60. The number of hydrogen-bond donors (Lipinski definition) is 2. The summed E-state index contributed by atoms with van der Waals surface area (Å²) < 4.78 is 0. The van der Waals surface area contributed by atoms with E-state index in [1.165, 1.54) is 6.42 Å². The number of aliphatic hydroxyl groups is 1. The van der Waals surface area contributed by atoms with Crippen LogP contribution in [0.5, 0.6) is 0 Å². The molecule has 0 radical (unpaired) electrons. The molecule has 2 aliphatic rings. The van der Waals surface area contributed by atoms with Crippen molar-refractivity contribution in [3.63, 3.8) is 0 Å². The van der Waals surface area contributed by atoms with Gasteiger partial charge in [0.1, 0.15) is 6.04 Å². The molecule has 0 spiro atoms. The molecule has 2 amide bonds. The minimum atomic E-state index is -0.369. The van der Waals surface area contributed by atoms with Crippen molar-refractivity contribution in [2.45, 2.75) is 57.0 Å². The number of nitrogens with one attached hydrogen (secondary N) is 1. The predicted octanol–water partition coefficient (Wildman–Crippen LogP) is 0.419. The van der Waals surface area contributed by atoms with Gasteiger partial charge in [0.2, 0.25) is 11.8 Å². The van der Waals surface area contributed by atoms with Gasteiger partial charge < -0.3 is 15.3 Å². The van der Waals surface area contributed by atoms with E-state index < -0.39 is 0 Å². The standard InChI is InChI=1S/C13H22N2O3/c16-9-8-15(10-4-2-1-3-5-10)13(18)11-6-7-12(17)14-11/h10-11,16H,1-9H2,(H,14,17). The fourth-order valence-electron chi connectivity index (χ4n) is 2.97. The van der Waals surface area contributed by atoms with E-state index in [4.69, 9.17) is 5.11 Å². The number of hydrogen-bond acceptors (Lipinski definition) is 3. The highest BCUT2D eigenvalue weighted by molar-refractivity contribution is 5.91. The number of aliphatic hydroxyl groups excluding tert-OH is 1. The first kappa shape index (κ1) is 13.3. The van der Waals surface area contributed by atoms with E-state index in [0.29, 0.717) is 19.4 Å². The fourth-order valence-corrected chi connectivity index (χ4v) is 2.97. The Labute approximate surface area is 108 Å². The second kappa shape index (κ2) is 6.18. The van der Waals surface area contributed by atoms with Gasteiger partial charge in [-0.15, -0.1) is 0 Å². The molecule has 5 heteroatoms. The van der Waals surface area contributed by atoms with Crippen molar-refractivity contribution in [1.82, 2.24) is 10.2 Å². The van der Waals surface area contributed by atoms with Gasteiger partial charge in [0.05, 0.1) is 6.61 Å². The Balaban J connectivity index is 1.99. The van der Waals surface area contributed by atoms with Crippen LogP contribution in [0.3, 0.4) is 0 Å². The maximum Gasteiger partial charge on any atom is 0.245 e. The van der Waals surface area contributed by atoms with E-state index in [2.05, 4.69) is 5.32 Å². The van der Waals surface area contributed by atoms with E-state index >= 15 is 0 Å². The smallest absolute Gasteiger partial charge is 0.245 e. The van der Waals surface area contributed by atoms with Crippen LogP contribution < -0.4 is 5.32 Å². The van der Waals surface area contributed by atoms with Crippen LogP contribution in [0.15, 0.2) is 0 Å². The lowest BCUT2D eigenvalue weighted by Gasteiger charge is -2.35. The SMILES string of the molecule is O=C1CCC(C(=O)N(CCO)C2CCCCC2)N1. The number of carbonyl (C=O) groups excluding carboxylic acids is 2. The molecule has 0 aromatic carbocycles. The van der Waals surface area contributed by atoms with Crippen molar-refractivity contribution in [3.05, 3.63) is 0 Å². The highest BCUT2D eigenvalue weighted by atomic mass is 16.3.